The molecular formula is C21H15N7O2. The van der Waals surface area contributed by atoms with Gasteiger partial charge in [0.2, 0.25) is 5.82 Å². The first-order chi connectivity index (χ1) is 14.7. The van der Waals surface area contributed by atoms with Crippen LogP contribution in [0.1, 0.15) is 16.2 Å². The predicted octanol–water partition coefficient (Wildman–Crippen LogP) is 3.18. The molecule has 2 aromatic carbocycles. The number of aromatic nitrogens is 5. The zero-order chi connectivity index (χ0) is 20.9. The minimum Gasteiger partial charge on any atom is -0.465 e. The first-order valence-electron chi connectivity index (χ1n) is 8.89. The zero-order valence-electron chi connectivity index (χ0n) is 15.8. The van der Waals surface area contributed by atoms with E-state index in [0.717, 1.165) is 16.6 Å². The molecule has 2 N–H and O–H groups in total. The molecule has 30 heavy (non-hydrogen) atoms. The van der Waals surface area contributed by atoms with Gasteiger partial charge in [0.05, 0.1) is 23.9 Å². The van der Waals surface area contributed by atoms with Crippen molar-refractivity contribution >= 4 is 28.1 Å². The number of hydrogen-bond acceptors (Lipinski definition) is 8. The molecular weight excluding hydrogens is 382 g/mol. The molecule has 0 saturated carbocycles. The van der Waals surface area contributed by atoms with Gasteiger partial charge in [-0.1, -0.05) is 30.3 Å². The number of nitrogens with zero attached hydrogens (tertiary/aromatic N) is 5. The number of rotatable bonds is 5. The van der Waals surface area contributed by atoms with Gasteiger partial charge in [-0.05, 0) is 29.5 Å². The number of nitrogens with one attached hydrogen (secondary N) is 2. The fourth-order valence-electron chi connectivity index (χ4n) is 2.92. The number of tetrazole rings is 1. The second kappa shape index (κ2) is 8.20. The van der Waals surface area contributed by atoms with Crippen LogP contribution in [0.5, 0.6) is 0 Å². The van der Waals surface area contributed by atoms with Crippen LogP contribution in [0.4, 0.5) is 5.69 Å². The summed E-state index contributed by atoms with van der Waals surface area (Å²) in [5.41, 5.74) is 3.65. The number of para-hydroxylation sites is 1. The van der Waals surface area contributed by atoms with E-state index >= 15 is 0 Å². The topological polar surface area (TPSA) is 129 Å². The number of pyridine rings is 1. The van der Waals surface area contributed by atoms with Crippen LogP contribution in [0.2, 0.25) is 0 Å². The van der Waals surface area contributed by atoms with Crippen molar-refractivity contribution in [3.05, 3.63) is 72.2 Å². The molecule has 0 saturated heterocycles. The van der Waals surface area contributed by atoms with E-state index in [0.29, 0.717) is 16.8 Å². The first-order valence-corrected chi connectivity index (χ1v) is 8.89. The lowest BCUT2D eigenvalue weighted by Crippen LogP contribution is -2.03. The quantitative estimate of drug-likeness (QED) is 0.388. The number of aromatic amines is 1. The van der Waals surface area contributed by atoms with Gasteiger partial charge in [-0.25, -0.2) is 9.78 Å². The molecule has 2 heterocycles. The summed E-state index contributed by atoms with van der Waals surface area (Å²) in [6, 6.07) is 18.6. The molecule has 9 heteroatoms. The maximum Gasteiger partial charge on any atom is 0.338 e. The third-order valence-corrected chi connectivity index (χ3v) is 4.39. The van der Waals surface area contributed by atoms with Gasteiger partial charge in [-0.3, -0.25) is 0 Å². The molecule has 0 radical (unpaired) electrons. The summed E-state index contributed by atoms with van der Waals surface area (Å²) in [7, 11) is 1.36. The van der Waals surface area contributed by atoms with E-state index in [-0.39, 0.29) is 11.4 Å². The molecule has 9 nitrogen and oxygen atoms in total. The van der Waals surface area contributed by atoms with Gasteiger partial charge in [0.15, 0.2) is 0 Å². The van der Waals surface area contributed by atoms with Gasteiger partial charge < -0.3 is 10.1 Å². The number of carbonyl (C=O) groups excluding carboxylic acids is 1. The van der Waals surface area contributed by atoms with E-state index in [1.165, 1.54) is 13.3 Å². The molecule has 0 amide bonds. The molecule has 0 bridgehead atoms. The Hall–Kier alpha value is -4.58. The van der Waals surface area contributed by atoms with Crippen LogP contribution in [0.3, 0.4) is 0 Å². The van der Waals surface area contributed by atoms with Crippen molar-refractivity contribution in [3.63, 3.8) is 0 Å². The average molecular weight is 397 g/mol. The number of benzene rings is 2. The minimum absolute atomic E-state index is 0.206. The van der Waals surface area contributed by atoms with Crippen LogP contribution in [0.25, 0.3) is 27.7 Å². The van der Waals surface area contributed by atoms with Crippen LogP contribution >= 0.6 is 0 Å². The molecule has 0 spiro atoms. The van der Waals surface area contributed by atoms with Crippen LogP contribution in [-0.2, 0) is 4.74 Å². The third-order valence-electron chi connectivity index (χ3n) is 4.39. The summed E-state index contributed by atoms with van der Waals surface area (Å²) in [4.78, 5) is 16.9. The molecule has 146 valence electrons. The molecule has 0 aliphatic rings. The number of esters is 1. The molecule has 0 aliphatic carbocycles. The summed E-state index contributed by atoms with van der Waals surface area (Å²) >= 11 is 0. The Bertz CT molecular complexity index is 1270. The van der Waals surface area contributed by atoms with Crippen molar-refractivity contribution in [2.24, 2.45) is 0 Å². The van der Waals surface area contributed by atoms with Gasteiger partial charge in [0.1, 0.15) is 11.6 Å². The van der Waals surface area contributed by atoms with E-state index < -0.39 is 5.97 Å². The monoisotopic (exact) mass is 397 g/mol. The number of hydrogen-bond donors (Lipinski definition) is 2. The van der Waals surface area contributed by atoms with Crippen molar-refractivity contribution < 1.29 is 9.53 Å². The maximum absolute atomic E-state index is 12.2. The Balaban J connectivity index is 1.64. The number of H-pyrrole nitrogens is 1. The van der Waals surface area contributed by atoms with E-state index in [2.05, 4.69) is 30.9 Å². The Kier molecular flexibility index (Phi) is 5.13. The van der Waals surface area contributed by atoms with Gasteiger partial charge in [0, 0.05) is 22.8 Å². The van der Waals surface area contributed by atoms with Crippen LogP contribution in [-0.4, -0.2) is 38.7 Å². The number of allylic oxidation sites excluding steroid dienone is 1. The van der Waals surface area contributed by atoms with Crippen molar-refractivity contribution in [2.45, 2.75) is 0 Å². The largest absolute Gasteiger partial charge is 0.465 e. The fourth-order valence-corrected chi connectivity index (χ4v) is 2.92. The van der Waals surface area contributed by atoms with Crippen molar-refractivity contribution in [2.75, 3.05) is 12.4 Å². The maximum atomic E-state index is 12.2. The summed E-state index contributed by atoms with van der Waals surface area (Å²) in [6.07, 6.45) is 1.50. The second-order valence-corrected chi connectivity index (χ2v) is 6.19. The lowest BCUT2D eigenvalue weighted by atomic mass is 10.0. The summed E-state index contributed by atoms with van der Waals surface area (Å²) in [5.74, 6) is -0.207. The summed E-state index contributed by atoms with van der Waals surface area (Å²) < 4.78 is 4.92. The highest BCUT2D eigenvalue weighted by atomic mass is 16.5. The van der Waals surface area contributed by atoms with Gasteiger partial charge in [-0.15, -0.1) is 10.2 Å². The Morgan fingerprint density at radius 1 is 1.20 bits per heavy atom. The number of methoxy groups -OCH3 is 1. The van der Waals surface area contributed by atoms with Crippen molar-refractivity contribution in [1.29, 1.82) is 5.26 Å². The van der Waals surface area contributed by atoms with E-state index in [9.17, 15) is 10.1 Å². The molecule has 0 aliphatic heterocycles. The molecule has 0 atom stereocenters. The number of anilines is 1. The highest BCUT2D eigenvalue weighted by Crippen LogP contribution is 2.26. The average Bonchev–Trinajstić information content (AvgIpc) is 3.33. The van der Waals surface area contributed by atoms with Gasteiger partial charge in [0.25, 0.3) is 0 Å². The normalized spacial score (nSPS) is 11.1. The number of fused-ring (bicyclic) bond motifs is 1. The van der Waals surface area contributed by atoms with Gasteiger partial charge >= 0.3 is 5.97 Å². The molecule has 0 fully saturated rings. The Morgan fingerprint density at radius 3 is 2.70 bits per heavy atom. The molecule has 0 unspecified atom stereocenters. The predicted molar refractivity (Wildman–Crippen MR) is 110 cm³/mol. The Morgan fingerprint density at radius 2 is 2.00 bits per heavy atom. The van der Waals surface area contributed by atoms with E-state index in [1.54, 1.807) is 6.07 Å². The van der Waals surface area contributed by atoms with E-state index in [1.807, 2.05) is 54.6 Å². The Labute approximate surface area is 171 Å². The molecule has 2 aromatic heterocycles. The van der Waals surface area contributed by atoms with Crippen LogP contribution in [0, 0.1) is 11.3 Å². The van der Waals surface area contributed by atoms with Crippen molar-refractivity contribution in [1.82, 2.24) is 25.6 Å². The fraction of sp³-hybridized carbons (Fsp3) is 0.0476. The zero-order valence-corrected chi connectivity index (χ0v) is 15.8. The third kappa shape index (κ3) is 3.70. The SMILES string of the molecule is COC(=O)c1cc(-c2ccc(NC=C(C#N)c3nn[nH]n3)cc2)nc2ccccc12. The number of carbonyl (C=O) groups is 1. The lowest BCUT2D eigenvalue weighted by Gasteiger charge is -2.09. The minimum atomic E-state index is -0.413. The number of ether oxygens (including phenoxy) is 1. The second-order valence-electron chi connectivity index (χ2n) is 6.19. The number of nitriles is 1. The van der Waals surface area contributed by atoms with Gasteiger partial charge in [-0.2, -0.15) is 10.5 Å². The van der Waals surface area contributed by atoms with Crippen LogP contribution < -0.4 is 5.32 Å². The lowest BCUT2D eigenvalue weighted by molar-refractivity contribution is 0.0603. The summed E-state index contributed by atoms with van der Waals surface area (Å²) in [5, 5.41) is 26.3. The molecule has 4 aromatic rings. The highest BCUT2D eigenvalue weighted by Gasteiger charge is 2.14. The summed E-state index contributed by atoms with van der Waals surface area (Å²) in [6.45, 7) is 0. The van der Waals surface area contributed by atoms with Crippen molar-refractivity contribution in [3.8, 4) is 17.3 Å². The standard InChI is InChI=1S/C21H15N7O2/c1-30-21(29)17-10-19(24-18-5-3-2-4-16(17)18)13-6-8-15(9-7-13)23-12-14(11-22)20-25-27-28-26-20/h2-10,12,23H,1H3,(H,25,26,27,28). The van der Waals surface area contributed by atoms with Crippen LogP contribution in [0.15, 0.2) is 60.8 Å². The first kappa shape index (κ1) is 18.8. The molecule has 4 rings (SSSR count). The van der Waals surface area contributed by atoms with E-state index in [4.69, 9.17) is 4.74 Å². The smallest absolute Gasteiger partial charge is 0.338 e. The highest BCUT2D eigenvalue weighted by molar-refractivity contribution is 6.04.